The number of methoxy groups -OCH3 is 1. The highest BCUT2D eigenvalue weighted by Crippen LogP contribution is 2.30. The van der Waals surface area contributed by atoms with Gasteiger partial charge in [0.1, 0.15) is 11.6 Å². The lowest BCUT2D eigenvalue weighted by molar-refractivity contribution is -0.125. The molecule has 0 saturated carbocycles. The van der Waals surface area contributed by atoms with Crippen molar-refractivity contribution in [3.05, 3.63) is 56.2 Å². The van der Waals surface area contributed by atoms with Gasteiger partial charge in [0, 0.05) is 27.1 Å². The molecule has 1 aromatic heterocycles. The first kappa shape index (κ1) is 19.4. The molecule has 1 aliphatic rings. The second-order valence-corrected chi connectivity index (χ2v) is 6.66. The predicted octanol–water partition coefficient (Wildman–Crippen LogP) is -0.123. The molecule has 9 nitrogen and oxygen atoms in total. The normalized spacial score (nSPS) is 15.1. The van der Waals surface area contributed by atoms with Gasteiger partial charge in [0.15, 0.2) is 0 Å². The van der Waals surface area contributed by atoms with Gasteiger partial charge in [-0.2, -0.15) is 0 Å². The summed E-state index contributed by atoms with van der Waals surface area (Å²) >= 11 is 0. The van der Waals surface area contributed by atoms with Gasteiger partial charge < -0.3 is 15.4 Å². The minimum Gasteiger partial charge on any atom is -0.497 e. The molecule has 2 heterocycles. The lowest BCUT2D eigenvalue weighted by Crippen LogP contribution is -2.39. The minimum atomic E-state index is -0.915. The first-order chi connectivity index (χ1) is 13.3. The molecule has 0 spiro atoms. The number of ether oxygens (including phenoxy) is 1. The zero-order chi connectivity index (χ0) is 20.4. The van der Waals surface area contributed by atoms with Crippen LogP contribution < -0.4 is 26.6 Å². The minimum absolute atomic E-state index is 0.153. The Morgan fingerprint density at radius 1 is 1.14 bits per heavy atom. The number of aromatic nitrogens is 2. The summed E-state index contributed by atoms with van der Waals surface area (Å²) in [6, 6.07) is 7.51. The molecule has 28 heavy (non-hydrogen) atoms. The van der Waals surface area contributed by atoms with Crippen LogP contribution in [0.15, 0.2) is 33.9 Å². The van der Waals surface area contributed by atoms with E-state index >= 15 is 0 Å². The molecule has 0 fully saturated rings. The van der Waals surface area contributed by atoms with Crippen LogP contribution in [0.5, 0.6) is 5.75 Å². The number of fused-ring (bicyclic) bond motifs is 1. The Labute approximate surface area is 160 Å². The van der Waals surface area contributed by atoms with Crippen LogP contribution in [0.25, 0.3) is 0 Å². The molecule has 2 N–H and O–H groups in total. The lowest BCUT2D eigenvalue weighted by atomic mass is 9.99. The summed E-state index contributed by atoms with van der Waals surface area (Å²) in [5, 5.41) is 5.31. The SMILES string of the molecule is COc1ccc(CCNC(=O)C[C@H]2C(=O)Nc3c2c(=O)n(C)c(=O)n3C)cc1. The summed E-state index contributed by atoms with van der Waals surface area (Å²) in [6.07, 6.45) is 0.467. The molecule has 148 valence electrons. The Balaban J connectivity index is 1.66. The van der Waals surface area contributed by atoms with E-state index in [0.29, 0.717) is 13.0 Å². The number of hydrogen-bond donors (Lipinski definition) is 2. The van der Waals surface area contributed by atoms with E-state index in [-0.39, 0.29) is 23.7 Å². The van der Waals surface area contributed by atoms with E-state index in [4.69, 9.17) is 4.74 Å². The van der Waals surface area contributed by atoms with Gasteiger partial charge in [-0.15, -0.1) is 0 Å². The van der Waals surface area contributed by atoms with Crippen LogP contribution in [-0.2, 0) is 30.1 Å². The van der Waals surface area contributed by atoms with Crippen LogP contribution in [-0.4, -0.2) is 34.6 Å². The molecule has 3 rings (SSSR count). The number of nitrogens with one attached hydrogen (secondary N) is 2. The molecule has 0 saturated heterocycles. The fourth-order valence-corrected chi connectivity index (χ4v) is 3.26. The van der Waals surface area contributed by atoms with Crippen molar-refractivity contribution in [2.45, 2.75) is 18.8 Å². The van der Waals surface area contributed by atoms with Crippen molar-refractivity contribution in [3.63, 3.8) is 0 Å². The average Bonchev–Trinajstić information content (AvgIpc) is 3.01. The molecule has 9 heteroatoms. The molecule has 1 aromatic carbocycles. The van der Waals surface area contributed by atoms with Crippen LogP contribution in [0.4, 0.5) is 5.82 Å². The number of benzene rings is 1. The highest BCUT2D eigenvalue weighted by Gasteiger charge is 2.37. The van der Waals surface area contributed by atoms with E-state index in [0.717, 1.165) is 15.9 Å². The van der Waals surface area contributed by atoms with E-state index < -0.39 is 23.1 Å². The van der Waals surface area contributed by atoms with Gasteiger partial charge in [0.2, 0.25) is 11.8 Å². The van der Waals surface area contributed by atoms with Crippen LogP contribution in [0.2, 0.25) is 0 Å². The van der Waals surface area contributed by atoms with Crippen LogP contribution in [0.1, 0.15) is 23.5 Å². The lowest BCUT2D eigenvalue weighted by Gasteiger charge is -2.11. The number of amides is 2. The zero-order valence-electron chi connectivity index (χ0n) is 15.9. The average molecular weight is 386 g/mol. The van der Waals surface area contributed by atoms with Crippen LogP contribution in [0.3, 0.4) is 0 Å². The summed E-state index contributed by atoms with van der Waals surface area (Å²) in [5.74, 6) is -0.790. The Morgan fingerprint density at radius 3 is 2.46 bits per heavy atom. The topological polar surface area (TPSA) is 111 Å². The van der Waals surface area contributed by atoms with Crippen molar-refractivity contribution in [1.29, 1.82) is 0 Å². The maximum absolute atomic E-state index is 12.4. The highest BCUT2D eigenvalue weighted by molar-refractivity contribution is 6.03. The summed E-state index contributed by atoms with van der Waals surface area (Å²) in [6.45, 7) is 0.400. The first-order valence-electron chi connectivity index (χ1n) is 8.84. The summed E-state index contributed by atoms with van der Waals surface area (Å²) in [7, 11) is 4.41. The number of hydrogen-bond acceptors (Lipinski definition) is 5. The summed E-state index contributed by atoms with van der Waals surface area (Å²) in [4.78, 5) is 49.0. The van der Waals surface area contributed by atoms with E-state index in [1.165, 1.54) is 18.7 Å². The maximum Gasteiger partial charge on any atom is 0.332 e. The van der Waals surface area contributed by atoms with Gasteiger partial charge in [-0.1, -0.05) is 12.1 Å². The fourth-order valence-electron chi connectivity index (χ4n) is 3.26. The Bertz CT molecular complexity index is 1040. The third-order valence-electron chi connectivity index (χ3n) is 4.89. The van der Waals surface area contributed by atoms with Crippen molar-refractivity contribution >= 4 is 17.6 Å². The number of rotatable bonds is 6. The maximum atomic E-state index is 12.4. The highest BCUT2D eigenvalue weighted by atomic mass is 16.5. The number of carbonyl (C=O) groups excluding carboxylic acids is 2. The molecule has 2 amide bonds. The van der Waals surface area contributed by atoms with Crippen molar-refractivity contribution in [1.82, 2.24) is 14.5 Å². The molecule has 0 bridgehead atoms. The van der Waals surface area contributed by atoms with Gasteiger partial charge in [0.25, 0.3) is 5.56 Å². The number of carbonyl (C=O) groups is 2. The fraction of sp³-hybridized carbons (Fsp3) is 0.368. The van der Waals surface area contributed by atoms with Gasteiger partial charge >= 0.3 is 5.69 Å². The van der Waals surface area contributed by atoms with Crippen molar-refractivity contribution in [2.24, 2.45) is 14.1 Å². The molecule has 0 radical (unpaired) electrons. The van der Waals surface area contributed by atoms with Crippen LogP contribution >= 0.6 is 0 Å². The van der Waals surface area contributed by atoms with Crippen molar-refractivity contribution in [3.8, 4) is 5.75 Å². The van der Waals surface area contributed by atoms with E-state index in [1.807, 2.05) is 24.3 Å². The third kappa shape index (κ3) is 3.55. The van der Waals surface area contributed by atoms with Gasteiger partial charge in [-0.3, -0.25) is 23.5 Å². The van der Waals surface area contributed by atoms with E-state index in [1.54, 1.807) is 7.11 Å². The molecular weight excluding hydrogens is 364 g/mol. The summed E-state index contributed by atoms with van der Waals surface area (Å²) < 4.78 is 7.25. The first-order valence-corrected chi connectivity index (χ1v) is 8.84. The Morgan fingerprint density at radius 2 is 1.82 bits per heavy atom. The quantitative estimate of drug-likeness (QED) is 0.719. The van der Waals surface area contributed by atoms with E-state index in [2.05, 4.69) is 10.6 Å². The smallest absolute Gasteiger partial charge is 0.332 e. The largest absolute Gasteiger partial charge is 0.497 e. The Hall–Kier alpha value is -3.36. The molecular formula is C19H22N4O5. The van der Waals surface area contributed by atoms with Crippen molar-refractivity contribution < 1.29 is 14.3 Å². The van der Waals surface area contributed by atoms with Gasteiger partial charge in [-0.25, -0.2) is 4.79 Å². The molecule has 0 unspecified atom stereocenters. The van der Waals surface area contributed by atoms with E-state index in [9.17, 15) is 19.2 Å². The number of nitrogens with zero attached hydrogens (tertiary/aromatic N) is 2. The second kappa shape index (κ2) is 7.71. The molecule has 0 aliphatic carbocycles. The molecule has 2 aromatic rings. The Kier molecular flexibility index (Phi) is 5.34. The van der Waals surface area contributed by atoms with Gasteiger partial charge in [-0.05, 0) is 24.1 Å². The zero-order valence-corrected chi connectivity index (χ0v) is 15.9. The van der Waals surface area contributed by atoms with Gasteiger partial charge in [0.05, 0.1) is 18.6 Å². The monoisotopic (exact) mass is 386 g/mol. The summed E-state index contributed by atoms with van der Waals surface area (Å²) in [5.41, 5.74) is 0.0926. The second-order valence-electron chi connectivity index (χ2n) is 6.66. The number of anilines is 1. The molecule has 1 atom stereocenters. The third-order valence-corrected chi connectivity index (χ3v) is 4.89. The molecule has 1 aliphatic heterocycles. The standard InChI is InChI=1S/C19H22N4O5/c1-22-16-15(18(26)23(2)19(22)27)13(17(25)21-16)10-14(24)20-9-8-11-4-6-12(28-3)7-5-11/h4-7,13H,8-10H2,1-3H3,(H,20,24)(H,21,25)/t13-/m1/s1. The van der Waals surface area contributed by atoms with Crippen LogP contribution in [0, 0.1) is 0 Å². The predicted molar refractivity (Wildman–Crippen MR) is 103 cm³/mol. The van der Waals surface area contributed by atoms with Crippen molar-refractivity contribution in [2.75, 3.05) is 19.0 Å².